The molecular weight excluding hydrogens is 428 g/mol. The van der Waals surface area contributed by atoms with Gasteiger partial charge in [0, 0.05) is 26.2 Å². The van der Waals surface area contributed by atoms with Crippen LogP contribution >= 0.6 is 0 Å². The molecule has 3 aromatic carbocycles. The van der Waals surface area contributed by atoms with Gasteiger partial charge in [-0.1, -0.05) is 30.3 Å². The highest BCUT2D eigenvalue weighted by Crippen LogP contribution is 2.31. The van der Waals surface area contributed by atoms with Crippen LogP contribution in [0.4, 0.5) is 5.69 Å². The predicted molar refractivity (Wildman–Crippen MR) is 122 cm³/mol. The van der Waals surface area contributed by atoms with Crippen LogP contribution in [0, 0.1) is 0 Å². The Balaban J connectivity index is 1.53. The lowest BCUT2D eigenvalue weighted by Gasteiger charge is -2.22. The first-order valence-electron chi connectivity index (χ1n) is 10.1. The number of anilines is 1. The molecule has 1 aliphatic heterocycles. The van der Waals surface area contributed by atoms with Gasteiger partial charge >= 0.3 is 0 Å². The number of para-hydroxylation sites is 1. The first-order valence-corrected chi connectivity index (χ1v) is 11.6. The molecule has 0 bridgehead atoms. The van der Waals surface area contributed by atoms with Gasteiger partial charge in [-0.25, -0.2) is 8.42 Å². The number of fused-ring (bicyclic) bond motifs is 1. The number of ether oxygens (including phenoxy) is 2. The van der Waals surface area contributed by atoms with Gasteiger partial charge in [-0.15, -0.1) is 0 Å². The minimum atomic E-state index is -3.81. The average molecular weight is 453 g/mol. The highest BCUT2D eigenvalue weighted by Gasteiger charge is 2.23. The minimum Gasteiger partial charge on any atom is -0.486 e. The van der Waals surface area contributed by atoms with E-state index in [9.17, 15) is 13.2 Å². The van der Waals surface area contributed by atoms with Crippen LogP contribution in [0.25, 0.3) is 0 Å². The number of benzene rings is 3. The molecule has 0 spiro atoms. The number of sulfonamides is 1. The number of carbonyl (C=O) groups is 1. The molecule has 0 N–H and O–H groups in total. The van der Waals surface area contributed by atoms with Crippen molar-refractivity contribution in [1.29, 1.82) is 0 Å². The predicted octanol–water partition coefficient (Wildman–Crippen LogP) is 3.56. The number of carbonyl (C=O) groups excluding carboxylic acids is 1. The molecule has 0 saturated heterocycles. The van der Waals surface area contributed by atoms with Gasteiger partial charge in [-0.05, 0) is 48.0 Å². The molecule has 0 aromatic heterocycles. The Morgan fingerprint density at radius 2 is 1.59 bits per heavy atom. The molecule has 4 rings (SSSR count). The monoisotopic (exact) mass is 452 g/mol. The number of amides is 1. The molecule has 1 heterocycles. The summed E-state index contributed by atoms with van der Waals surface area (Å²) in [5.74, 6) is 1.07. The molecule has 7 nitrogen and oxygen atoms in total. The first kappa shape index (κ1) is 21.7. The molecule has 1 aliphatic rings. The van der Waals surface area contributed by atoms with Gasteiger partial charge < -0.3 is 14.4 Å². The number of hydrogen-bond acceptors (Lipinski definition) is 5. The summed E-state index contributed by atoms with van der Waals surface area (Å²) < 4.78 is 38.5. The number of nitrogens with zero attached hydrogens (tertiary/aromatic N) is 2. The maximum Gasteiger partial charge on any atom is 0.264 e. The van der Waals surface area contributed by atoms with Crippen LogP contribution in [0.2, 0.25) is 0 Å². The molecule has 0 unspecified atom stereocenters. The summed E-state index contributed by atoms with van der Waals surface area (Å²) in [4.78, 5) is 14.6. The standard InChI is InChI=1S/C24H24N2O5S/c1-25(17-18-11-12-22-23(15-18)31-14-13-30-22)24(27)19-7-6-10-21(16-19)32(28,29)26(2)20-8-4-3-5-9-20/h3-12,15-16H,13-14,17H2,1-2H3. The second-order valence-electron chi connectivity index (χ2n) is 7.48. The fourth-order valence-electron chi connectivity index (χ4n) is 3.48. The fourth-order valence-corrected chi connectivity index (χ4v) is 4.72. The van der Waals surface area contributed by atoms with Crippen LogP contribution in [-0.2, 0) is 16.6 Å². The summed E-state index contributed by atoms with van der Waals surface area (Å²) in [6, 6.07) is 20.5. The van der Waals surface area contributed by atoms with E-state index >= 15 is 0 Å². The van der Waals surface area contributed by atoms with Crippen molar-refractivity contribution in [2.24, 2.45) is 0 Å². The molecule has 32 heavy (non-hydrogen) atoms. The molecule has 8 heteroatoms. The van der Waals surface area contributed by atoms with Gasteiger partial charge in [0.2, 0.25) is 0 Å². The van der Waals surface area contributed by atoms with E-state index in [0.717, 1.165) is 5.56 Å². The molecule has 0 atom stereocenters. The first-order chi connectivity index (χ1) is 15.4. The molecule has 0 radical (unpaired) electrons. The molecule has 1 amide bonds. The van der Waals surface area contributed by atoms with Gasteiger partial charge in [-0.3, -0.25) is 9.10 Å². The van der Waals surface area contributed by atoms with Crippen LogP contribution in [0.1, 0.15) is 15.9 Å². The van der Waals surface area contributed by atoms with Crippen molar-refractivity contribution in [2.45, 2.75) is 11.4 Å². The van der Waals surface area contributed by atoms with Gasteiger partial charge in [0.15, 0.2) is 11.5 Å². The molecular formula is C24H24N2O5S. The number of rotatable bonds is 6. The van der Waals surface area contributed by atoms with Crippen LogP contribution in [0.5, 0.6) is 11.5 Å². The van der Waals surface area contributed by atoms with E-state index in [4.69, 9.17) is 9.47 Å². The topological polar surface area (TPSA) is 76.1 Å². The van der Waals surface area contributed by atoms with Crippen molar-refractivity contribution >= 4 is 21.6 Å². The van der Waals surface area contributed by atoms with Crippen molar-refractivity contribution < 1.29 is 22.7 Å². The van der Waals surface area contributed by atoms with Gasteiger partial charge in [0.1, 0.15) is 13.2 Å². The lowest BCUT2D eigenvalue weighted by atomic mass is 10.1. The van der Waals surface area contributed by atoms with E-state index in [1.165, 1.54) is 28.4 Å². The van der Waals surface area contributed by atoms with Crippen molar-refractivity contribution in [3.05, 3.63) is 83.9 Å². The third-order valence-corrected chi connectivity index (χ3v) is 7.01. The average Bonchev–Trinajstić information content (AvgIpc) is 2.83. The second kappa shape index (κ2) is 8.92. The third kappa shape index (κ3) is 4.40. The maximum absolute atomic E-state index is 13.1. The van der Waals surface area contributed by atoms with Crippen LogP contribution in [0.3, 0.4) is 0 Å². The van der Waals surface area contributed by atoms with E-state index < -0.39 is 10.0 Å². The molecule has 166 valence electrons. The smallest absolute Gasteiger partial charge is 0.264 e. The third-order valence-electron chi connectivity index (χ3n) is 5.23. The maximum atomic E-state index is 13.1. The van der Waals surface area contributed by atoms with Crippen LogP contribution in [-0.4, -0.2) is 46.5 Å². The molecule has 0 fully saturated rings. The zero-order chi connectivity index (χ0) is 22.7. The van der Waals surface area contributed by atoms with E-state index in [1.807, 2.05) is 24.3 Å². The van der Waals surface area contributed by atoms with Gasteiger partial charge in [0.25, 0.3) is 15.9 Å². The second-order valence-corrected chi connectivity index (χ2v) is 9.44. The summed E-state index contributed by atoms with van der Waals surface area (Å²) in [5, 5.41) is 0. The Morgan fingerprint density at radius 1 is 0.875 bits per heavy atom. The molecule has 0 saturated carbocycles. The van der Waals surface area contributed by atoms with Crippen molar-refractivity contribution in [1.82, 2.24) is 4.90 Å². The van der Waals surface area contributed by atoms with E-state index in [2.05, 4.69) is 0 Å². The summed E-state index contributed by atoms with van der Waals surface area (Å²) in [6.07, 6.45) is 0. The zero-order valence-electron chi connectivity index (χ0n) is 17.9. The SMILES string of the molecule is CN(Cc1ccc2c(c1)OCCO2)C(=O)c1cccc(S(=O)(=O)N(C)c2ccccc2)c1. The summed E-state index contributed by atoms with van der Waals surface area (Å²) >= 11 is 0. The van der Waals surface area contributed by atoms with Crippen LogP contribution in [0.15, 0.2) is 77.7 Å². The fraction of sp³-hybridized carbons (Fsp3) is 0.208. The lowest BCUT2D eigenvalue weighted by molar-refractivity contribution is 0.0784. The quantitative estimate of drug-likeness (QED) is 0.572. The Hall–Kier alpha value is -3.52. The van der Waals surface area contributed by atoms with E-state index in [1.54, 1.807) is 43.4 Å². The molecule has 0 aliphatic carbocycles. The van der Waals surface area contributed by atoms with E-state index in [-0.39, 0.29) is 10.8 Å². The Morgan fingerprint density at radius 3 is 2.34 bits per heavy atom. The Labute approximate surface area is 187 Å². The Bertz CT molecular complexity index is 1230. The summed E-state index contributed by atoms with van der Waals surface area (Å²) in [7, 11) is -0.641. The van der Waals surface area contributed by atoms with Crippen molar-refractivity contribution in [2.75, 3.05) is 31.6 Å². The van der Waals surface area contributed by atoms with E-state index in [0.29, 0.717) is 42.5 Å². The minimum absolute atomic E-state index is 0.0578. The van der Waals surface area contributed by atoms with Crippen molar-refractivity contribution in [3.8, 4) is 11.5 Å². The number of hydrogen-bond donors (Lipinski definition) is 0. The molecule has 3 aromatic rings. The van der Waals surface area contributed by atoms with Crippen LogP contribution < -0.4 is 13.8 Å². The highest BCUT2D eigenvalue weighted by molar-refractivity contribution is 7.92. The Kier molecular flexibility index (Phi) is 6.05. The zero-order valence-corrected chi connectivity index (χ0v) is 18.7. The van der Waals surface area contributed by atoms with Crippen molar-refractivity contribution in [3.63, 3.8) is 0 Å². The van der Waals surface area contributed by atoms with Gasteiger partial charge in [0.05, 0.1) is 10.6 Å². The lowest BCUT2D eigenvalue weighted by Crippen LogP contribution is -2.28. The highest BCUT2D eigenvalue weighted by atomic mass is 32.2. The summed E-state index contributed by atoms with van der Waals surface area (Å²) in [6.45, 7) is 1.35. The largest absolute Gasteiger partial charge is 0.486 e. The summed E-state index contributed by atoms with van der Waals surface area (Å²) in [5.41, 5.74) is 1.73. The normalized spacial score (nSPS) is 12.8. The van der Waals surface area contributed by atoms with Gasteiger partial charge in [-0.2, -0.15) is 0 Å².